The first-order valence-corrected chi connectivity index (χ1v) is 6.99. The minimum atomic E-state index is 0.0703. The molecule has 1 unspecified atom stereocenters. The Hall–Kier alpha value is -2.72. The summed E-state index contributed by atoms with van der Waals surface area (Å²) in [5.41, 5.74) is 1.26. The van der Waals surface area contributed by atoms with Gasteiger partial charge in [-0.05, 0) is 11.6 Å². The summed E-state index contributed by atoms with van der Waals surface area (Å²) in [4.78, 5) is 12.3. The van der Waals surface area contributed by atoms with Crippen molar-refractivity contribution in [1.82, 2.24) is 15.0 Å². The van der Waals surface area contributed by atoms with Crippen LogP contribution in [0.15, 0.2) is 30.7 Å². The predicted molar refractivity (Wildman–Crippen MR) is 78.2 cm³/mol. The van der Waals surface area contributed by atoms with Crippen LogP contribution < -0.4 is 10.1 Å². The molecule has 0 bridgehead atoms. The summed E-state index contributed by atoms with van der Waals surface area (Å²) in [6, 6.07) is 5.76. The van der Waals surface area contributed by atoms with E-state index in [-0.39, 0.29) is 11.8 Å². The van der Waals surface area contributed by atoms with Crippen LogP contribution in [0.25, 0.3) is 0 Å². The first-order chi connectivity index (χ1) is 10.8. The molecule has 7 nitrogen and oxygen atoms in total. The number of rotatable bonds is 5. The van der Waals surface area contributed by atoms with Gasteiger partial charge in [-0.3, -0.25) is 0 Å². The number of nitriles is 1. The van der Waals surface area contributed by atoms with E-state index in [0.29, 0.717) is 24.8 Å². The summed E-state index contributed by atoms with van der Waals surface area (Å²) < 4.78 is 11.0. The molecule has 1 atom stereocenters. The quantitative estimate of drug-likeness (QED) is 0.894. The fourth-order valence-electron chi connectivity index (χ4n) is 2.14. The topological polar surface area (TPSA) is 93.0 Å². The minimum absolute atomic E-state index is 0.0703. The van der Waals surface area contributed by atoms with Crippen LogP contribution in [-0.4, -0.2) is 34.3 Å². The summed E-state index contributed by atoms with van der Waals surface area (Å²) in [6.07, 6.45) is 5.69. The molecule has 22 heavy (non-hydrogen) atoms. The summed E-state index contributed by atoms with van der Waals surface area (Å²) in [5, 5.41) is 12.1. The zero-order valence-electron chi connectivity index (χ0n) is 11.9. The molecular formula is C15H15N5O2. The van der Waals surface area contributed by atoms with Crippen LogP contribution in [0.2, 0.25) is 0 Å². The molecule has 3 heterocycles. The highest BCUT2D eigenvalue weighted by Gasteiger charge is 2.17. The Balaban J connectivity index is 1.64. The number of nitrogens with one attached hydrogen (secondary N) is 1. The highest BCUT2D eigenvalue weighted by atomic mass is 16.5. The molecule has 1 saturated heterocycles. The molecule has 0 saturated carbocycles. The van der Waals surface area contributed by atoms with Gasteiger partial charge in [0.2, 0.25) is 5.88 Å². The molecule has 1 aliphatic rings. The second-order valence-electron chi connectivity index (χ2n) is 4.82. The lowest BCUT2D eigenvalue weighted by Crippen LogP contribution is -2.16. The monoisotopic (exact) mass is 297 g/mol. The third-order valence-corrected chi connectivity index (χ3v) is 3.24. The van der Waals surface area contributed by atoms with Gasteiger partial charge in [-0.1, -0.05) is 0 Å². The molecule has 0 aromatic carbocycles. The van der Waals surface area contributed by atoms with Crippen LogP contribution in [0, 0.1) is 11.3 Å². The van der Waals surface area contributed by atoms with Gasteiger partial charge < -0.3 is 14.8 Å². The molecule has 1 aliphatic heterocycles. The van der Waals surface area contributed by atoms with Crippen molar-refractivity contribution in [3.05, 3.63) is 42.0 Å². The van der Waals surface area contributed by atoms with E-state index in [1.807, 2.05) is 18.2 Å². The number of hydrogen-bond donors (Lipinski definition) is 1. The lowest BCUT2D eigenvalue weighted by Gasteiger charge is -2.12. The number of anilines is 1. The van der Waals surface area contributed by atoms with Crippen LogP contribution >= 0.6 is 0 Å². The Bertz CT molecular complexity index is 680. The third-order valence-electron chi connectivity index (χ3n) is 3.24. The molecule has 7 heteroatoms. The van der Waals surface area contributed by atoms with Gasteiger partial charge in [0.15, 0.2) is 11.5 Å². The molecule has 0 amide bonds. The Labute approximate surface area is 128 Å². The number of pyridine rings is 1. The van der Waals surface area contributed by atoms with Crippen LogP contribution in [0.3, 0.4) is 0 Å². The fraction of sp³-hybridized carbons (Fsp3) is 0.333. The van der Waals surface area contributed by atoms with E-state index in [1.165, 1.54) is 6.20 Å². The Morgan fingerprint density at radius 1 is 1.32 bits per heavy atom. The van der Waals surface area contributed by atoms with Gasteiger partial charge in [0.1, 0.15) is 12.2 Å². The van der Waals surface area contributed by atoms with Crippen LogP contribution in [-0.2, 0) is 11.3 Å². The summed E-state index contributed by atoms with van der Waals surface area (Å²) >= 11 is 0. The number of ether oxygens (including phenoxy) is 2. The van der Waals surface area contributed by atoms with Gasteiger partial charge in [-0.15, -0.1) is 0 Å². The molecule has 2 aromatic heterocycles. The van der Waals surface area contributed by atoms with Gasteiger partial charge >= 0.3 is 0 Å². The summed E-state index contributed by atoms with van der Waals surface area (Å²) in [6.45, 7) is 1.85. The fourth-order valence-corrected chi connectivity index (χ4v) is 2.14. The molecule has 112 valence electrons. The first kappa shape index (κ1) is 14.2. The van der Waals surface area contributed by atoms with Gasteiger partial charge in [0.05, 0.1) is 13.2 Å². The molecule has 1 fully saturated rings. The third kappa shape index (κ3) is 3.48. The highest BCUT2D eigenvalue weighted by molar-refractivity contribution is 5.47. The van der Waals surface area contributed by atoms with E-state index in [9.17, 15) is 0 Å². The average molecular weight is 297 g/mol. The normalized spacial score (nSPS) is 17.0. The van der Waals surface area contributed by atoms with E-state index in [2.05, 4.69) is 20.3 Å². The maximum atomic E-state index is 8.98. The van der Waals surface area contributed by atoms with Crippen molar-refractivity contribution in [3.8, 4) is 11.9 Å². The first-order valence-electron chi connectivity index (χ1n) is 6.99. The van der Waals surface area contributed by atoms with Gasteiger partial charge in [-0.25, -0.2) is 15.0 Å². The molecule has 1 N–H and O–H groups in total. The van der Waals surface area contributed by atoms with Crippen molar-refractivity contribution in [2.45, 2.75) is 19.1 Å². The number of hydrogen-bond acceptors (Lipinski definition) is 7. The van der Waals surface area contributed by atoms with E-state index in [4.69, 9.17) is 14.7 Å². The molecule has 0 aliphatic carbocycles. The summed E-state index contributed by atoms with van der Waals surface area (Å²) in [7, 11) is 0. The van der Waals surface area contributed by atoms with E-state index in [1.54, 1.807) is 12.4 Å². The van der Waals surface area contributed by atoms with Crippen molar-refractivity contribution in [3.63, 3.8) is 0 Å². The van der Waals surface area contributed by atoms with Crippen LogP contribution in [0.4, 0.5) is 5.82 Å². The maximum Gasteiger partial charge on any atom is 0.213 e. The standard InChI is InChI=1S/C15H15N5O2/c16-8-13-15(19-5-4-17-13)20-9-11-1-3-18-14(7-11)22-12-2-6-21-10-12/h1,3-5,7,12H,2,6,9-10H2,(H,19,20). The smallest absolute Gasteiger partial charge is 0.213 e. The molecular weight excluding hydrogens is 282 g/mol. The number of nitrogens with zero attached hydrogens (tertiary/aromatic N) is 4. The Morgan fingerprint density at radius 2 is 2.23 bits per heavy atom. The zero-order valence-corrected chi connectivity index (χ0v) is 11.9. The molecule has 3 rings (SSSR count). The highest BCUT2D eigenvalue weighted by Crippen LogP contribution is 2.16. The lowest BCUT2D eigenvalue weighted by molar-refractivity contribution is 0.138. The van der Waals surface area contributed by atoms with Crippen molar-refractivity contribution < 1.29 is 9.47 Å². The maximum absolute atomic E-state index is 8.98. The SMILES string of the molecule is N#Cc1nccnc1NCc1ccnc(OC2CCOC2)c1. The Kier molecular flexibility index (Phi) is 4.41. The molecule has 0 radical (unpaired) electrons. The van der Waals surface area contributed by atoms with Crippen molar-refractivity contribution >= 4 is 5.82 Å². The number of aromatic nitrogens is 3. The average Bonchev–Trinajstić information content (AvgIpc) is 3.06. The van der Waals surface area contributed by atoms with Gasteiger partial charge in [0, 0.05) is 37.6 Å². The Morgan fingerprint density at radius 3 is 3.05 bits per heavy atom. The minimum Gasteiger partial charge on any atom is -0.472 e. The second kappa shape index (κ2) is 6.83. The molecule has 0 spiro atoms. The predicted octanol–water partition coefficient (Wildman–Crippen LogP) is 1.52. The largest absolute Gasteiger partial charge is 0.472 e. The van der Waals surface area contributed by atoms with Crippen molar-refractivity contribution in [1.29, 1.82) is 5.26 Å². The zero-order chi connectivity index (χ0) is 15.2. The second-order valence-corrected chi connectivity index (χ2v) is 4.82. The molecule has 2 aromatic rings. The van der Waals surface area contributed by atoms with Crippen molar-refractivity contribution in [2.24, 2.45) is 0 Å². The lowest BCUT2D eigenvalue weighted by atomic mass is 10.2. The van der Waals surface area contributed by atoms with E-state index < -0.39 is 0 Å². The van der Waals surface area contributed by atoms with E-state index in [0.717, 1.165) is 18.6 Å². The van der Waals surface area contributed by atoms with Gasteiger partial charge in [0.25, 0.3) is 0 Å². The van der Waals surface area contributed by atoms with E-state index >= 15 is 0 Å². The van der Waals surface area contributed by atoms with Gasteiger partial charge in [-0.2, -0.15) is 5.26 Å². The summed E-state index contributed by atoms with van der Waals surface area (Å²) in [5.74, 6) is 1.04. The van der Waals surface area contributed by atoms with Crippen LogP contribution in [0.1, 0.15) is 17.7 Å². The van der Waals surface area contributed by atoms with Crippen molar-refractivity contribution in [2.75, 3.05) is 18.5 Å². The van der Waals surface area contributed by atoms with Crippen LogP contribution in [0.5, 0.6) is 5.88 Å².